The zero-order chi connectivity index (χ0) is 22.8. The third-order valence-electron chi connectivity index (χ3n) is 5.39. The zero-order valence-electron chi connectivity index (χ0n) is 17.4. The molecule has 0 radical (unpaired) electrons. The molecule has 33 heavy (non-hydrogen) atoms. The lowest BCUT2D eigenvalue weighted by atomic mass is 9.93. The first-order valence-corrected chi connectivity index (χ1v) is 11.2. The van der Waals surface area contributed by atoms with Crippen molar-refractivity contribution in [2.45, 2.75) is 12.7 Å². The lowest BCUT2D eigenvalue weighted by molar-refractivity contribution is -0.00221. The monoisotopic (exact) mass is 465 g/mol. The van der Waals surface area contributed by atoms with Crippen LogP contribution >= 0.6 is 11.3 Å². The number of halogens is 1. The Morgan fingerprint density at radius 1 is 1.15 bits per heavy atom. The Balaban J connectivity index is 1.24. The number of fused-ring (bicyclic) bond motifs is 2. The Labute approximate surface area is 193 Å². The summed E-state index contributed by atoms with van der Waals surface area (Å²) in [6.45, 7) is 0.481. The summed E-state index contributed by atoms with van der Waals surface area (Å²) in [5.74, 6) is -0.0615. The van der Waals surface area contributed by atoms with Gasteiger partial charge >= 0.3 is 5.97 Å². The number of rotatable bonds is 6. The number of aromatic nitrogens is 1. The van der Waals surface area contributed by atoms with Crippen LogP contribution in [0.5, 0.6) is 11.5 Å². The second-order valence-corrected chi connectivity index (χ2v) is 8.80. The average Bonchev–Trinajstić information content (AvgIpc) is 3.25. The maximum Gasteiger partial charge on any atom is 0.338 e. The highest BCUT2D eigenvalue weighted by molar-refractivity contribution is 7.18. The van der Waals surface area contributed by atoms with Gasteiger partial charge in [0, 0.05) is 11.6 Å². The van der Waals surface area contributed by atoms with Gasteiger partial charge in [0.1, 0.15) is 35.5 Å². The van der Waals surface area contributed by atoms with Crippen molar-refractivity contribution in [3.63, 3.8) is 0 Å². The van der Waals surface area contributed by atoms with Gasteiger partial charge in [0.05, 0.1) is 34.4 Å². The number of aliphatic hydroxyl groups is 1. The van der Waals surface area contributed by atoms with Crippen LogP contribution in [0.4, 0.5) is 4.39 Å². The lowest BCUT2D eigenvalue weighted by Crippen LogP contribution is -2.30. The summed E-state index contributed by atoms with van der Waals surface area (Å²) in [5, 5.41) is 11.6. The quantitative estimate of drug-likeness (QED) is 0.408. The summed E-state index contributed by atoms with van der Waals surface area (Å²) in [6.07, 6.45) is -0.869. The molecule has 0 saturated heterocycles. The predicted molar refractivity (Wildman–Crippen MR) is 121 cm³/mol. The average molecular weight is 466 g/mol. The molecule has 1 N–H and O–H groups in total. The van der Waals surface area contributed by atoms with Crippen molar-refractivity contribution in [2.24, 2.45) is 5.92 Å². The third kappa shape index (κ3) is 4.67. The van der Waals surface area contributed by atoms with Crippen LogP contribution in [0, 0.1) is 11.7 Å². The topological polar surface area (TPSA) is 77.9 Å². The first-order chi connectivity index (χ1) is 16.1. The second kappa shape index (κ2) is 9.17. The number of thiazole rings is 1. The van der Waals surface area contributed by atoms with Crippen LogP contribution in [0.2, 0.25) is 0 Å². The van der Waals surface area contributed by atoms with Crippen LogP contribution in [0.15, 0.2) is 66.7 Å². The molecule has 6 nitrogen and oxygen atoms in total. The number of ether oxygens (including phenoxy) is 3. The minimum Gasteiger partial charge on any atom is -0.493 e. The lowest BCUT2D eigenvalue weighted by Gasteiger charge is -2.30. The highest BCUT2D eigenvalue weighted by Crippen LogP contribution is 2.38. The number of esters is 1. The number of hydrogen-bond donors (Lipinski definition) is 1. The summed E-state index contributed by atoms with van der Waals surface area (Å²) in [5.41, 5.74) is 1.63. The summed E-state index contributed by atoms with van der Waals surface area (Å²) in [6, 6.07) is 18.4. The third-order valence-corrected chi connectivity index (χ3v) is 6.40. The number of carbonyl (C=O) groups is 1. The molecule has 0 amide bonds. The molecule has 2 unspecified atom stereocenters. The van der Waals surface area contributed by atoms with E-state index in [4.69, 9.17) is 14.2 Å². The van der Waals surface area contributed by atoms with Crippen LogP contribution in [-0.4, -0.2) is 29.3 Å². The van der Waals surface area contributed by atoms with E-state index in [-0.39, 0.29) is 25.6 Å². The van der Waals surface area contributed by atoms with E-state index in [1.807, 2.05) is 6.07 Å². The maximum atomic E-state index is 13.4. The molecule has 1 aliphatic heterocycles. The van der Waals surface area contributed by atoms with Crippen LogP contribution in [0.1, 0.15) is 27.0 Å². The molecule has 8 heteroatoms. The summed E-state index contributed by atoms with van der Waals surface area (Å²) < 4.78 is 31.3. The molecule has 1 aromatic heterocycles. The van der Waals surface area contributed by atoms with Gasteiger partial charge in [-0.1, -0.05) is 18.2 Å². The Morgan fingerprint density at radius 3 is 2.85 bits per heavy atom. The fraction of sp³-hybridized carbons (Fsp3) is 0.200. The summed E-state index contributed by atoms with van der Waals surface area (Å²) in [4.78, 5) is 16.6. The molecule has 0 fully saturated rings. The largest absolute Gasteiger partial charge is 0.493 e. The fourth-order valence-corrected chi connectivity index (χ4v) is 4.52. The molecule has 5 rings (SSSR count). The molecule has 3 aromatic carbocycles. The van der Waals surface area contributed by atoms with E-state index in [0.29, 0.717) is 28.1 Å². The van der Waals surface area contributed by atoms with Gasteiger partial charge in [-0.05, 0) is 42.5 Å². The Morgan fingerprint density at radius 2 is 2.00 bits per heavy atom. The molecule has 1 aliphatic rings. The van der Waals surface area contributed by atoms with E-state index < -0.39 is 18.0 Å². The number of nitrogens with zero attached hydrogens (tertiary/aromatic N) is 1. The van der Waals surface area contributed by atoms with Gasteiger partial charge in [-0.15, -0.1) is 11.3 Å². The molecule has 4 aromatic rings. The van der Waals surface area contributed by atoms with Gasteiger partial charge < -0.3 is 19.3 Å². The molecular weight excluding hydrogens is 445 g/mol. The first-order valence-electron chi connectivity index (χ1n) is 10.4. The van der Waals surface area contributed by atoms with Gasteiger partial charge in [-0.2, -0.15) is 0 Å². The number of carbonyl (C=O) groups excluding carboxylic acids is 1. The highest BCUT2D eigenvalue weighted by Gasteiger charge is 2.31. The second-order valence-electron chi connectivity index (χ2n) is 7.69. The van der Waals surface area contributed by atoms with Crippen molar-refractivity contribution in [2.75, 3.05) is 13.2 Å². The summed E-state index contributed by atoms with van der Waals surface area (Å²) in [7, 11) is 0. The first kappa shape index (κ1) is 21.4. The van der Waals surface area contributed by atoms with Crippen LogP contribution in [-0.2, 0) is 11.3 Å². The number of benzene rings is 3. The molecule has 168 valence electrons. The van der Waals surface area contributed by atoms with Crippen molar-refractivity contribution in [1.29, 1.82) is 0 Å². The standard InChI is InChI=1S/C25H20FNO5S/c26-17-6-9-22-20(10-17)27-23(33-22)14-30-18-7-8-21-19(11-18)24(28)16(12-31-21)13-32-25(29)15-4-2-1-3-5-15/h1-11,16,24,28H,12-14H2. The van der Waals surface area contributed by atoms with Gasteiger partial charge in [0.2, 0.25) is 0 Å². The Kier molecular flexibility index (Phi) is 5.93. The van der Waals surface area contributed by atoms with Gasteiger partial charge in [0.15, 0.2) is 0 Å². The van der Waals surface area contributed by atoms with Crippen molar-refractivity contribution in [3.8, 4) is 11.5 Å². The van der Waals surface area contributed by atoms with Crippen molar-refractivity contribution < 1.29 is 28.5 Å². The predicted octanol–water partition coefficient (Wildman–Crippen LogP) is 4.91. The van der Waals surface area contributed by atoms with Gasteiger partial charge in [-0.25, -0.2) is 14.2 Å². The van der Waals surface area contributed by atoms with E-state index in [1.165, 1.54) is 23.5 Å². The van der Waals surface area contributed by atoms with Crippen molar-refractivity contribution in [1.82, 2.24) is 4.98 Å². The molecule has 2 heterocycles. The smallest absolute Gasteiger partial charge is 0.338 e. The van der Waals surface area contributed by atoms with Crippen LogP contribution in [0.25, 0.3) is 10.2 Å². The van der Waals surface area contributed by atoms with E-state index in [0.717, 1.165) is 9.71 Å². The highest BCUT2D eigenvalue weighted by atomic mass is 32.1. The van der Waals surface area contributed by atoms with Crippen molar-refractivity contribution in [3.05, 3.63) is 88.7 Å². The van der Waals surface area contributed by atoms with Crippen molar-refractivity contribution >= 4 is 27.5 Å². The molecule has 2 atom stereocenters. The van der Waals surface area contributed by atoms with E-state index >= 15 is 0 Å². The minimum atomic E-state index is -0.869. The molecule has 0 bridgehead atoms. The number of hydrogen-bond acceptors (Lipinski definition) is 7. The fourth-order valence-electron chi connectivity index (χ4n) is 3.66. The molecule has 0 saturated carbocycles. The maximum absolute atomic E-state index is 13.4. The van der Waals surface area contributed by atoms with E-state index in [1.54, 1.807) is 48.5 Å². The SMILES string of the molecule is O=C(OCC1COc2ccc(OCc3nc4cc(F)ccc4s3)cc2C1O)c1ccccc1. The number of aliphatic hydroxyl groups excluding tert-OH is 1. The zero-order valence-corrected chi connectivity index (χ0v) is 18.3. The van der Waals surface area contributed by atoms with Gasteiger partial charge in [-0.3, -0.25) is 0 Å². The van der Waals surface area contributed by atoms with Crippen LogP contribution < -0.4 is 9.47 Å². The van der Waals surface area contributed by atoms with E-state index in [9.17, 15) is 14.3 Å². The molecule has 0 aliphatic carbocycles. The normalized spacial score (nSPS) is 17.3. The molecular formula is C25H20FNO5S. The minimum absolute atomic E-state index is 0.0294. The Hall–Kier alpha value is -3.49. The molecule has 0 spiro atoms. The van der Waals surface area contributed by atoms with Gasteiger partial charge in [0.25, 0.3) is 0 Å². The van der Waals surface area contributed by atoms with E-state index in [2.05, 4.69) is 4.98 Å². The Bertz CT molecular complexity index is 1290. The summed E-state index contributed by atoms with van der Waals surface area (Å²) >= 11 is 1.44. The van der Waals surface area contributed by atoms with Crippen LogP contribution in [0.3, 0.4) is 0 Å².